The molecular weight excluding hydrogens is 232 g/mol. The average Bonchev–Trinajstić information content (AvgIpc) is 2.77. The Morgan fingerprint density at radius 1 is 1.47 bits per heavy atom. The number of thioether (sulfide) groups is 1. The maximum atomic E-state index is 5.50. The Hall–Kier alpha value is 0.230. The van der Waals surface area contributed by atoms with Crippen LogP contribution in [0.4, 0.5) is 0 Å². The Kier molecular flexibility index (Phi) is 5.60. The van der Waals surface area contributed by atoms with Gasteiger partial charge in [0.15, 0.2) is 0 Å². The molecule has 0 aromatic carbocycles. The van der Waals surface area contributed by atoms with Crippen LogP contribution in [0.2, 0.25) is 0 Å². The van der Waals surface area contributed by atoms with Gasteiger partial charge in [-0.15, -0.1) is 0 Å². The van der Waals surface area contributed by atoms with E-state index in [1.165, 1.54) is 25.7 Å². The molecule has 0 aromatic heterocycles. The van der Waals surface area contributed by atoms with Gasteiger partial charge in [0.25, 0.3) is 0 Å². The van der Waals surface area contributed by atoms with E-state index in [0.717, 1.165) is 31.1 Å². The van der Waals surface area contributed by atoms with Crippen LogP contribution in [0.3, 0.4) is 0 Å². The van der Waals surface area contributed by atoms with E-state index in [0.29, 0.717) is 12.1 Å². The summed E-state index contributed by atoms with van der Waals surface area (Å²) in [6.45, 7) is 5.07. The maximum absolute atomic E-state index is 5.50. The molecule has 4 atom stereocenters. The lowest BCUT2D eigenvalue weighted by Gasteiger charge is -2.29. The van der Waals surface area contributed by atoms with Gasteiger partial charge in [-0.2, -0.15) is 11.8 Å². The van der Waals surface area contributed by atoms with E-state index in [-0.39, 0.29) is 0 Å². The van der Waals surface area contributed by atoms with Crippen LogP contribution >= 0.6 is 11.8 Å². The minimum absolute atomic E-state index is 0.542. The molecule has 2 aliphatic rings. The Balaban J connectivity index is 1.70. The molecule has 1 aliphatic heterocycles. The normalized spacial score (nSPS) is 36.0. The highest BCUT2D eigenvalue weighted by Crippen LogP contribution is 2.28. The number of hydrogen-bond acceptors (Lipinski definition) is 4. The first-order valence-corrected chi connectivity index (χ1v) is 8.18. The second-order valence-electron chi connectivity index (χ2n) is 5.34. The smallest absolute Gasteiger partial charge is 0.0620 e. The molecule has 1 heterocycles. The lowest BCUT2D eigenvalue weighted by Crippen LogP contribution is -2.47. The zero-order valence-electron chi connectivity index (χ0n) is 11.1. The van der Waals surface area contributed by atoms with E-state index < -0.39 is 0 Å². The van der Waals surface area contributed by atoms with Crippen molar-refractivity contribution in [2.45, 2.75) is 56.0 Å². The third-order valence-electron chi connectivity index (χ3n) is 3.89. The van der Waals surface area contributed by atoms with Gasteiger partial charge < -0.3 is 15.4 Å². The largest absolute Gasteiger partial charge is 0.379 e. The summed E-state index contributed by atoms with van der Waals surface area (Å²) < 4.78 is 5.50. The van der Waals surface area contributed by atoms with Gasteiger partial charge in [-0.25, -0.2) is 0 Å². The van der Waals surface area contributed by atoms with Crippen LogP contribution in [-0.2, 0) is 4.74 Å². The Bertz CT molecular complexity index is 221. The minimum Gasteiger partial charge on any atom is -0.379 e. The summed E-state index contributed by atoms with van der Waals surface area (Å²) >= 11 is 2.03. The molecule has 100 valence electrons. The van der Waals surface area contributed by atoms with Gasteiger partial charge in [0.05, 0.1) is 13.2 Å². The van der Waals surface area contributed by atoms with E-state index >= 15 is 0 Å². The molecule has 17 heavy (non-hydrogen) atoms. The molecule has 0 bridgehead atoms. The quantitative estimate of drug-likeness (QED) is 0.785. The highest BCUT2D eigenvalue weighted by molar-refractivity contribution is 7.99. The average molecular weight is 258 g/mol. The monoisotopic (exact) mass is 258 g/mol. The summed E-state index contributed by atoms with van der Waals surface area (Å²) in [4.78, 5) is 0. The third-order valence-corrected chi connectivity index (χ3v) is 5.06. The lowest BCUT2D eigenvalue weighted by molar-refractivity contribution is 0.0708. The van der Waals surface area contributed by atoms with Crippen LogP contribution in [0, 0.1) is 0 Å². The summed E-state index contributed by atoms with van der Waals surface area (Å²) in [6, 6.07) is 1.86. The highest BCUT2D eigenvalue weighted by Gasteiger charge is 2.28. The van der Waals surface area contributed by atoms with Crippen molar-refractivity contribution in [3.8, 4) is 0 Å². The second kappa shape index (κ2) is 6.98. The molecule has 1 saturated carbocycles. The molecule has 2 N–H and O–H groups in total. The molecule has 1 aliphatic carbocycles. The van der Waals surface area contributed by atoms with Gasteiger partial charge in [0.1, 0.15) is 0 Å². The van der Waals surface area contributed by atoms with Crippen molar-refractivity contribution in [3.05, 3.63) is 0 Å². The van der Waals surface area contributed by atoms with E-state index in [9.17, 15) is 0 Å². The van der Waals surface area contributed by atoms with Gasteiger partial charge in [0.2, 0.25) is 0 Å². The summed E-state index contributed by atoms with van der Waals surface area (Å²) in [6.07, 6.45) is 7.55. The van der Waals surface area contributed by atoms with Gasteiger partial charge in [0, 0.05) is 29.9 Å². The number of nitrogens with one attached hydrogen (secondary N) is 2. The minimum atomic E-state index is 0.542. The fraction of sp³-hybridized carbons (Fsp3) is 1.00. The number of rotatable bonds is 5. The summed E-state index contributed by atoms with van der Waals surface area (Å²) in [7, 11) is 0. The first-order valence-electron chi connectivity index (χ1n) is 6.89. The second-order valence-corrected chi connectivity index (χ2v) is 6.42. The van der Waals surface area contributed by atoms with E-state index in [4.69, 9.17) is 4.74 Å². The van der Waals surface area contributed by atoms with Gasteiger partial charge in [-0.1, -0.05) is 6.42 Å². The summed E-state index contributed by atoms with van der Waals surface area (Å²) in [5, 5.41) is 8.17. The molecule has 0 amide bonds. The standard InChI is InChI=1S/C13H26N2OS/c1-10(8-11-9-16-7-6-14-11)15-12-4-3-5-13(12)17-2/h10-15H,3-9H2,1-2H3. The molecule has 0 aromatic rings. The van der Waals surface area contributed by atoms with Gasteiger partial charge in [-0.05, 0) is 32.4 Å². The fourth-order valence-electron chi connectivity index (χ4n) is 3.03. The zero-order chi connectivity index (χ0) is 12.1. The first-order chi connectivity index (χ1) is 8.29. The van der Waals surface area contributed by atoms with Crippen molar-refractivity contribution in [2.75, 3.05) is 26.0 Å². The van der Waals surface area contributed by atoms with Crippen molar-refractivity contribution in [2.24, 2.45) is 0 Å². The van der Waals surface area contributed by atoms with Crippen molar-refractivity contribution in [1.82, 2.24) is 10.6 Å². The molecule has 3 nitrogen and oxygen atoms in total. The number of hydrogen-bond donors (Lipinski definition) is 2. The Morgan fingerprint density at radius 3 is 3.06 bits per heavy atom. The molecular formula is C13H26N2OS. The SMILES string of the molecule is CSC1CCCC1NC(C)CC1COCCN1. The van der Waals surface area contributed by atoms with Crippen LogP contribution in [0.15, 0.2) is 0 Å². The van der Waals surface area contributed by atoms with Crippen LogP contribution in [0.25, 0.3) is 0 Å². The predicted octanol–water partition coefficient (Wildman–Crippen LogP) is 1.63. The topological polar surface area (TPSA) is 33.3 Å². The summed E-state index contributed by atoms with van der Waals surface area (Å²) in [5.74, 6) is 0. The fourth-order valence-corrected chi connectivity index (χ4v) is 3.98. The summed E-state index contributed by atoms with van der Waals surface area (Å²) in [5.41, 5.74) is 0. The maximum Gasteiger partial charge on any atom is 0.0620 e. The molecule has 4 heteroatoms. The van der Waals surface area contributed by atoms with E-state index in [1.54, 1.807) is 0 Å². The van der Waals surface area contributed by atoms with Gasteiger partial charge >= 0.3 is 0 Å². The van der Waals surface area contributed by atoms with Crippen LogP contribution in [-0.4, -0.2) is 49.4 Å². The van der Waals surface area contributed by atoms with Crippen LogP contribution in [0.1, 0.15) is 32.6 Å². The molecule has 0 spiro atoms. The van der Waals surface area contributed by atoms with Crippen LogP contribution < -0.4 is 10.6 Å². The predicted molar refractivity (Wildman–Crippen MR) is 74.8 cm³/mol. The lowest BCUT2D eigenvalue weighted by atomic mass is 10.1. The first kappa shape index (κ1) is 13.7. The van der Waals surface area contributed by atoms with E-state index in [1.807, 2.05) is 11.8 Å². The number of morpholine rings is 1. The van der Waals surface area contributed by atoms with Crippen molar-refractivity contribution in [3.63, 3.8) is 0 Å². The third kappa shape index (κ3) is 4.12. The Morgan fingerprint density at radius 2 is 2.35 bits per heavy atom. The van der Waals surface area contributed by atoms with Crippen molar-refractivity contribution >= 4 is 11.8 Å². The molecule has 0 radical (unpaired) electrons. The Labute approximate surface area is 109 Å². The zero-order valence-corrected chi connectivity index (χ0v) is 11.9. The molecule has 2 fully saturated rings. The molecule has 4 unspecified atom stereocenters. The number of ether oxygens (including phenoxy) is 1. The van der Waals surface area contributed by atoms with Crippen molar-refractivity contribution in [1.29, 1.82) is 0 Å². The van der Waals surface area contributed by atoms with E-state index in [2.05, 4.69) is 23.8 Å². The molecule has 2 rings (SSSR count). The van der Waals surface area contributed by atoms with Gasteiger partial charge in [-0.3, -0.25) is 0 Å². The van der Waals surface area contributed by atoms with Crippen molar-refractivity contribution < 1.29 is 4.74 Å². The highest BCUT2D eigenvalue weighted by atomic mass is 32.2. The molecule has 1 saturated heterocycles. The van der Waals surface area contributed by atoms with Crippen LogP contribution in [0.5, 0.6) is 0 Å².